The van der Waals surface area contributed by atoms with Crippen molar-refractivity contribution in [2.24, 2.45) is 0 Å². The Morgan fingerprint density at radius 2 is 2.13 bits per heavy atom. The lowest BCUT2D eigenvalue weighted by molar-refractivity contribution is -0.124. The van der Waals surface area contributed by atoms with Gasteiger partial charge in [0.2, 0.25) is 5.91 Å². The summed E-state index contributed by atoms with van der Waals surface area (Å²) in [6.07, 6.45) is 4.17. The molecule has 0 unspecified atom stereocenters. The first-order valence-corrected chi connectivity index (χ1v) is 7.91. The maximum absolute atomic E-state index is 12.2. The Hall–Kier alpha value is -2.63. The summed E-state index contributed by atoms with van der Waals surface area (Å²) in [4.78, 5) is 16.8. The summed E-state index contributed by atoms with van der Waals surface area (Å²) in [5, 5.41) is 7.06. The molecule has 2 heterocycles. The van der Waals surface area contributed by atoms with Crippen molar-refractivity contribution < 1.29 is 4.79 Å². The Labute approximate surface area is 135 Å². The number of fused-ring (bicyclic) bond motifs is 1. The van der Waals surface area contributed by atoms with Gasteiger partial charge in [-0.1, -0.05) is 12.1 Å². The maximum Gasteiger partial charge on any atom is 0.244 e. The smallest absolute Gasteiger partial charge is 0.244 e. The average molecular weight is 311 g/mol. The lowest BCUT2D eigenvalue weighted by Crippen LogP contribution is -2.33. The van der Waals surface area contributed by atoms with Crippen molar-refractivity contribution in [2.45, 2.75) is 32.9 Å². The molecule has 1 N–H and O–H groups in total. The van der Waals surface area contributed by atoms with E-state index in [1.807, 2.05) is 31.2 Å². The van der Waals surface area contributed by atoms with Crippen LogP contribution in [0, 0.1) is 0 Å². The maximum atomic E-state index is 12.2. The molecule has 0 radical (unpaired) electrons. The molecule has 1 atom stereocenters. The van der Waals surface area contributed by atoms with Crippen molar-refractivity contribution in [1.82, 2.24) is 24.6 Å². The number of nitrogens with one attached hydrogen (secondary N) is 1. The van der Waals surface area contributed by atoms with Gasteiger partial charge in [-0.05, 0) is 32.0 Å². The molecular weight excluding hydrogens is 290 g/mol. The molecule has 0 aliphatic heterocycles. The monoisotopic (exact) mass is 311 g/mol. The highest BCUT2D eigenvalue weighted by Gasteiger charge is 2.15. The van der Waals surface area contributed by atoms with E-state index in [2.05, 4.69) is 33.0 Å². The van der Waals surface area contributed by atoms with E-state index in [1.165, 1.54) is 0 Å². The second-order valence-corrected chi connectivity index (χ2v) is 5.46. The highest BCUT2D eigenvalue weighted by atomic mass is 16.2. The first-order valence-electron chi connectivity index (χ1n) is 7.91. The van der Waals surface area contributed by atoms with Gasteiger partial charge < -0.3 is 9.88 Å². The van der Waals surface area contributed by atoms with E-state index in [0.29, 0.717) is 13.0 Å². The van der Waals surface area contributed by atoms with Crippen LogP contribution in [0.3, 0.4) is 0 Å². The molecule has 0 aliphatic rings. The van der Waals surface area contributed by atoms with Crippen molar-refractivity contribution in [2.75, 3.05) is 6.54 Å². The third-order valence-corrected chi connectivity index (χ3v) is 4.00. The SMILES string of the molecule is CCn1c(CCNC(=O)[C@@H](C)n2cccn2)nc2ccccc21. The summed E-state index contributed by atoms with van der Waals surface area (Å²) in [6, 6.07) is 9.61. The fraction of sp³-hybridized carbons (Fsp3) is 0.353. The molecule has 0 spiro atoms. The average Bonchev–Trinajstić information content (AvgIpc) is 3.21. The van der Waals surface area contributed by atoms with Crippen molar-refractivity contribution in [3.05, 3.63) is 48.5 Å². The lowest BCUT2D eigenvalue weighted by atomic mass is 10.3. The number of nitrogens with zero attached hydrogens (tertiary/aromatic N) is 4. The summed E-state index contributed by atoms with van der Waals surface area (Å²) in [5.41, 5.74) is 2.14. The van der Waals surface area contributed by atoms with E-state index in [1.54, 1.807) is 17.1 Å². The zero-order valence-electron chi connectivity index (χ0n) is 13.4. The summed E-state index contributed by atoms with van der Waals surface area (Å²) >= 11 is 0. The Balaban J connectivity index is 1.63. The number of rotatable bonds is 6. The van der Waals surface area contributed by atoms with Crippen molar-refractivity contribution in [1.29, 1.82) is 0 Å². The number of aromatic nitrogens is 4. The molecule has 120 valence electrons. The van der Waals surface area contributed by atoms with Gasteiger partial charge in [0, 0.05) is 31.9 Å². The van der Waals surface area contributed by atoms with Crippen LogP contribution in [0.15, 0.2) is 42.7 Å². The fourth-order valence-corrected chi connectivity index (χ4v) is 2.74. The Kier molecular flexibility index (Phi) is 4.41. The number of aryl methyl sites for hydroxylation is 1. The first-order chi connectivity index (χ1) is 11.2. The predicted octanol–water partition coefficient (Wildman–Crippen LogP) is 2.17. The van der Waals surface area contributed by atoms with Crippen molar-refractivity contribution in [3.8, 4) is 0 Å². The largest absolute Gasteiger partial charge is 0.354 e. The first kappa shape index (κ1) is 15.3. The van der Waals surface area contributed by atoms with Crippen LogP contribution in [-0.4, -0.2) is 31.8 Å². The van der Waals surface area contributed by atoms with Gasteiger partial charge in [0.15, 0.2) is 0 Å². The van der Waals surface area contributed by atoms with E-state index in [9.17, 15) is 4.79 Å². The zero-order chi connectivity index (χ0) is 16.2. The Morgan fingerprint density at radius 3 is 2.87 bits per heavy atom. The van der Waals surface area contributed by atoms with Crippen LogP contribution in [0.2, 0.25) is 0 Å². The molecule has 6 heteroatoms. The molecule has 2 aromatic heterocycles. The highest BCUT2D eigenvalue weighted by molar-refractivity contribution is 5.79. The van der Waals surface area contributed by atoms with Gasteiger partial charge in [0.05, 0.1) is 11.0 Å². The van der Waals surface area contributed by atoms with E-state index in [-0.39, 0.29) is 11.9 Å². The van der Waals surface area contributed by atoms with E-state index in [0.717, 1.165) is 23.4 Å². The van der Waals surface area contributed by atoms with E-state index >= 15 is 0 Å². The minimum absolute atomic E-state index is 0.0344. The molecule has 3 rings (SSSR count). The third kappa shape index (κ3) is 3.11. The van der Waals surface area contributed by atoms with E-state index in [4.69, 9.17) is 0 Å². The number of benzene rings is 1. The number of hydrogen-bond acceptors (Lipinski definition) is 3. The summed E-state index contributed by atoms with van der Waals surface area (Å²) in [5.74, 6) is 0.966. The second-order valence-electron chi connectivity index (χ2n) is 5.46. The van der Waals surface area contributed by atoms with Gasteiger partial charge in [-0.25, -0.2) is 4.98 Å². The number of carbonyl (C=O) groups is 1. The van der Waals surface area contributed by atoms with Crippen LogP contribution < -0.4 is 5.32 Å². The number of carbonyl (C=O) groups excluding carboxylic acids is 1. The molecule has 23 heavy (non-hydrogen) atoms. The van der Waals surface area contributed by atoms with Gasteiger partial charge in [0.25, 0.3) is 0 Å². The molecule has 1 amide bonds. The third-order valence-electron chi connectivity index (χ3n) is 4.00. The predicted molar refractivity (Wildman–Crippen MR) is 89.1 cm³/mol. The highest BCUT2D eigenvalue weighted by Crippen LogP contribution is 2.16. The van der Waals surface area contributed by atoms with Crippen LogP contribution in [0.4, 0.5) is 0 Å². The summed E-state index contributed by atoms with van der Waals surface area (Å²) < 4.78 is 3.84. The molecule has 0 saturated carbocycles. The molecule has 3 aromatic rings. The van der Waals surface area contributed by atoms with Gasteiger partial charge in [-0.3, -0.25) is 9.48 Å². The Morgan fingerprint density at radius 1 is 1.30 bits per heavy atom. The van der Waals surface area contributed by atoms with Crippen molar-refractivity contribution >= 4 is 16.9 Å². The minimum Gasteiger partial charge on any atom is -0.354 e. The van der Waals surface area contributed by atoms with Gasteiger partial charge >= 0.3 is 0 Å². The topological polar surface area (TPSA) is 64.7 Å². The standard InChI is InChI=1S/C17H21N5O/c1-3-21-15-8-5-4-7-14(15)20-16(21)9-11-18-17(23)13(2)22-12-6-10-19-22/h4-8,10,12-13H,3,9,11H2,1-2H3,(H,18,23)/t13-/m1/s1. The number of hydrogen-bond donors (Lipinski definition) is 1. The van der Waals surface area contributed by atoms with Crippen LogP contribution in [0.5, 0.6) is 0 Å². The van der Waals surface area contributed by atoms with Crippen LogP contribution in [0.25, 0.3) is 11.0 Å². The molecular formula is C17H21N5O. The van der Waals surface area contributed by atoms with Crippen LogP contribution >= 0.6 is 0 Å². The Bertz CT molecular complexity index is 791. The number of amides is 1. The number of imidazole rings is 1. The second kappa shape index (κ2) is 6.64. The number of para-hydroxylation sites is 2. The zero-order valence-corrected chi connectivity index (χ0v) is 13.4. The molecule has 0 bridgehead atoms. The van der Waals surface area contributed by atoms with Gasteiger partial charge in [-0.15, -0.1) is 0 Å². The van der Waals surface area contributed by atoms with Gasteiger partial charge in [0.1, 0.15) is 11.9 Å². The van der Waals surface area contributed by atoms with Crippen LogP contribution in [0.1, 0.15) is 25.7 Å². The normalized spacial score (nSPS) is 12.4. The molecule has 0 aliphatic carbocycles. The lowest BCUT2D eigenvalue weighted by Gasteiger charge is -2.12. The van der Waals surface area contributed by atoms with Gasteiger partial charge in [-0.2, -0.15) is 5.10 Å². The molecule has 0 saturated heterocycles. The molecule has 1 aromatic carbocycles. The fourth-order valence-electron chi connectivity index (χ4n) is 2.74. The summed E-state index contributed by atoms with van der Waals surface area (Å²) in [6.45, 7) is 5.38. The molecule has 0 fully saturated rings. The van der Waals surface area contributed by atoms with Crippen LogP contribution in [-0.2, 0) is 17.8 Å². The summed E-state index contributed by atoms with van der Waals surface area (Å²) in [7, 11) is 0. The minimum atomic E-state index is -0.310. The van der Waals surface area contributed by atoms with E-state index < -0.39 is 0 Å². The molecule has 6 nitrogen and oxygen atoms in total. The quantitative estimate of drug-likeness (QED) is 0.759. The van der Waals surface area contributed by atoms with Crippen molar-refractivity contribution in [3.63, 3.8) is 0 Å².